The highest BCUT2D eigenvalue weighted by Gasteiger charge is 2.28. The Labute approximate surface area is 128 Å². The molecule has 0 bridgehead atoms. The normalized spacial score (nSPS) is 18.2. The van der Waals surface area contributed by atoms with Gasteiger partial charge in [-0.1, -0.05) is 53.5 Å². The maximum atomic E-state index is 6.08. The number of benzene rings is 2. The van der Waals surface area contributed by atoms with Gasteiger partial charge in [-0.2, -0.15) is 0 Å². The van der Waals surface area contributed by atoms with Gasteiger partial charge in [0.15, 0.2) is 0 Å². The summed E-state index contributed by atoms with van der Waals surface area (Å²) in [6.07, 6.45) is 2.08. The molecule has 2 nitrogen and oxygen atoms in total. The van der Waals surface area contributed by atoms with E-state index in [9.17, 15) is 0 Å². The highest BCUT2D eigenvalue weighted by molar-refractivity contribution is 6.42. The van der Waals surface area contributed by atoms with E-state index in [-0.39, 0.29) is 6.04 Å². The largest absolute Gasteiger partial charge is 0.271 e. The third kappa shape index (κ3) is 2.57. The van der Waals surface area contributed by atoms with E-state index in [1.807, 2.05) is 18.2 Å². The first-order valence-electron chi connectivity index (χ1n) is 6.68. The van der Waals surface area contributed by atoms with Crippen molar-refractivity contribution in [2.24, 2.45) is 5.84 Å². The standard InChI is InChI=1S/C16H16Cl2N2/c17-14-6-5-11(8-15(14)18)16(20-19)9-12-7-10-3-1-2-4-13(10)12/h1-6,8,12,16,20H,7,9,19H2. The maximum Gasteiger partial charge on any atom is 0.0595 e. The molecule has 0 saturated carbocycles. The summed E-state index contributed by atoms with van der Waals surface area (Å²) in [6.45, 7) is 0. The molecule has 3 rings (SSSR count). The zero-order valence-electron chi connectivity index (χ0n) is 10.9. The van der Waals surface area contributed by atoms with Gasteiger partial charge in [-0.05, 0) is 47.6 Å². The minimum Gasteiger partial charge on any atom is -0.271 e. The molecule has 2 aromatic rings. The van der Waals surface area contributed by atoms with Crippen LogP contribution in [0.1, 0.15) is 35.1 Å². The number of rotatable bonds is 4. The van der Waals surface area contributed by atoms with Crippen molar-refractivity contribution < 1.29 is 0 Å². The van der Waals surface area contributed by atoms with E-state index < -0.39 is 0 Å². The second kappa shape index (κ2) is 5.74. The van der Waals surface area contributed by atoms with Crippen molar-refractivity contribution in [1.29, 1.82) is 0 Å². The third-order valence-electron chi connectivity index (χ3n) is 4.03. The molecule has 1 aliphatic carbocycles. The number of halogens is 2. The fraction of sp³-hybridized carbons (Fsp3) is 0.250. The minimum absolute atomic E-state index is 0.0862. The lowest BCUT2D eigenvalue weighted by atomic mass is 9.74. The number of nitrogens with two attached hydrogens (primary N) is 1. The number of fused-ring (bicyclic) bond motifs is 1. The van der Waals surface area contributed by atoms with Gasteiger partial charge in [-0.15, -0.1) is 0 Å². The molecule has 0 aliphatic heterocycles. The van der Waals surface area contributed by atoms with Crippen LogP contribution in [-0.4, -0.2) is 0 Å². The Morgan fingerprint density at radius 1 is 1.15 bits per heavy atom. The Morgan fingerprint density at radius 2 is 1.95 bits per heavy atom. The Morgan fingerprint density at radius 3 is 2.65 bits per heavy atom. The van der Waals surface area contributed by atoms with Crippen molar-refractivity contribution in [3.63, 3.8) is 0 Å². The van der Waals surface area contributed by atoms with Crippen molar-refractivity contribution in [3.8, 4) is 0 Å². The summed E-state index contributed by atoms with van der Waals surface area (Å²) in [5.74, 6) is 6.27. The van der Waals surface area contributed by atoms with Crippen molar-refractivity contribution in [3.05, 3.63) is 69.2 Å². The minimum atomic E-state index is 0.0862. The quantitative estimate of drug-likeness (QED) is 0.655. The monoisotopic (exact) mass is 306 g/mol. The van der Waals surface area contributed by atoms with E-state index in [4.69, 9.17) is 29.0 Å². The van der Waals surface area contributed by atoms with Crippen molar-refractivity contribution >= 4 is 23.2 Å². The van der Waals surface area contributed by atoms with Gasteiger partial charge < -0.3 is 0 Å². The predicted octanol–water partition coefficient (Wildman–Crippen LogP) is 4.23. The maximum absolute atomic E-state index is 6.08. The molecule has 1 aliphatic rings. The first-order valence-corrected chi connectivity index (χ1v) is 7.43. The smallest absolute Gasteiger partial charge is 0.0595 e. The lowest BCUT2D eigenvalue weighted by Crippen LogP contribution is -2.31. The van der Waals surface area contributed by atoms with Crippen LogP contribution in [0, 0.1) is 0 Å². The zero-order valence-corrected chi connectivity index (χ0v) is 12.5. The van der Waals surface area contributed by atoms with Crippen LogP contribution in [0.2, 0.25) is 10.0 Å². The third-order valence-corrected chi connectivity index (χ3v) is 4.77. The van der Waals surface area contributed by atoms with Crippen molar-refractivity contribution in [1.82, 2.24) is 5.43 Å². The summed E-state index contributed by atoms with van der Waals surface area (Å²) in [5, 5.41) is 1.14. The van der Waals surface area contributed by atoms with Gasteiger partial charge in [0.05, 0.1) is 10.0 Å². The summed E-state index contributed by atoms with van der Waals surface area (Å²) in [6, 6.07) is 14.3. The van der Waals surface area contributed by atoms with Gasteiger partial charge in [0.1, 0.15) is 0 Å². The molecule has 0 spiro atoms. The van der Waals surface area contributed by atoms with Crippen LogP contribution in [0.4, 0.5) is 0 Å². The molecular formula is C16H16Cl2N2. The van der Waals surface area contributed by atoms with E-state index in [0.717, 1.165) is 18.4 Å². The molecule has 0 radical (unpaired) electrons. The highest BCUT2D eigenvalue weighted by atomic mass is 35.5. The highest BCUT2D eigenvalue weighted by Crippen LogP contribution is 2.41. The summed E-state index contributed by atoms with van der Waals surface area (Å²) in [5.41, 5.74) is 6.85. The molecule has 4 heteroatoms. The zero-order chi connectivity index (χ0) is 14.1. The molecule has 3 N–H and O–H groups in total. The van der Waals surface area contributed by atoms with Crippen LogP contribution in [0.5, 0.6) is 0 Å². The average Bonchev–Trinajstić information content (AvgIpc) is 2.44. The number of hydrazine groups is 1. The van der Waals surface area contributed by atoms with Crippen LogP contribution in [0.3, 0.4) is 0 Å². The number of hydrogen-bond donors (Lipinski definition) is 2. The molecule has 104 valence electrons. The summed E-state index contributed by atoms with van der Waals surface area (Å²) in [4.78, 5) is 0. The van der Waals surface area contributed by atoms with Gasteiger partial charge >= 0.3 is 0 Å². The first kappa shape index (κ1) is 13.9. The van der Waals surface area contributed by atoms with Crippen LogP contribution in [0.25, 0.3) is 0 Å². The van der Waals surface area contributed by atoms with Gasteiger partial charge in [0, 0.05) is 6.04 Å². The van der Waals surface area contributed by atoms with Gasteiger partial charge in [-0.3, -0.25) is 11.3 Å². The first-order chi connectivity index (χ1) is 9.69. The molecule has 0 saturated heterocycles. The van der Waals surface area contributed by atoms with Crippen LogP contribution in [0.15, 0.2) is 42.5 Å². The Hall–Kier alpha value is -1.06. The lowest BCUT2D eigenvalue weighted by molar-refractivity contribution is 0.435. The summed E-state index contributed by atoms with van der Waals surface area (Å²) < 4.78 is 0. The molecule has 20 heavy (non-hydrogen) atoms. The Balaban J connectivity index is 1.77. The van der Waals surface area contributed by atoms with Crippen LogP contribution in [-0.2, 0) is 6.42 Å². The van der Waals surface area contributed by atoms with Crippen LogP contribution < -0.4 is 11.3 Å². The van der Waals surface area contributed by atoms with Crippen molar-refractivity contribution in [2.75, 3.05) is 0 Å². The molecular weight excluding hydrogens is 291 g/mol. The molecule has 0 fully saturated rings. The van der Waals surface area contributed by atoms with E-state index in [2.05, 4.69) is 29.7 Å². The second-order valence-electron chi connectivity index (χ2n) is 5.23. The average molecular weight is 307 g/mol. The molecule has 0 amide bonds. The number of nitrogens with one attached hydrogen (secondary N) is 1. The fourth-order valence-corrected chi connectivity index (χ4v) is 3.19. The van der Waals surface area contributed by atoms with Crippen LogP contribution >= 0.6 is 23.2 Å². The lowest BCUT2D eigenvalue weighted by Gasteiger charge is -2.33. The molecule has 0 aromatic heterocycles. The van der Waals surface area contributed by atoms with E-state index in [0.29, 0.717) is 16.0 Å². The molecule has 2 atom stereocenters. The SMILES string of the molecule is NNC(CC1Cc2ccccc21)c1ccc(Cl)c(Cl)c1. The molecule has 2 aromatic carbocycles. The van der Waals surface area contributed by atoms with E-state index >= 15 is 0 Å². The van der Waals surface area contributed by atoms with Gasteiger partial charge in [0.25, 0.3) is 0 Å². The van der Waals surface area contributed by atoms with E-state index in [1.54, 1.807) is 0 Å². The van der Waals surface area contributed by atoms with Gasteiger partial charge in [-0.25, -0.2) is 0 Å². The molecule has 0 heterocycles. The number of hydrogen-bond acceptors (Lipinski definition) is 2. The predicted molar refractivity (Wildman–Crippen MR) is 84.0 cm³/mol. The van der Waals surface area contributed by atoms with Crippen molar-refractivity contribution in [2.45, 2.75) is 24.8 Å². The topological polar surface area (TPSA) is 38.0 Å². The fourth-order valence-electron chi connectivity index (χ4n) is 2.89. The van der Waals surface area contributed by atoms with E-state index in [1.165, 1.54) is 11.1 Å². The summed E-state index contributed by atoms with van der Waals surface area (Å²) >= 11 is 12.0. The second-order valence-corrected chi connectivity index (χ2v) is 6.04. The summed E-state index contributed by atoms with van der Waals surface area (Å²) in [7, 11) is 0. The Kier molecular flexibility index (Phi) is 3.99. The Bertz CT molecular complexity index is 628. The molecule has 2 unspecified atom stereocenters. The van der Waals surface area contributed by atoms with Gasteiger partial charge in [0.2, 0.25) is 0 Å².